The van der Waals surface area contributed by atoms with Crippen LogP contribution in [0.1, 0.15) is 69.0 Å². The summed E-state index contributed by atoms with van der Waals surface area (Å²) in [7, 11) is 1.37. The predicted octanol–water partition coefficient (Wildman–Crippen LogP) is 4.92. The Morgan fingerprint density at radius 2 is 1.97 bits per heavy atom. The monoisotopic (exact) mass is 532 g/mol. The van der Waals surface area contributed by atoms with E-state index in [9.17, 15) is 9.59 Å². The Labute approximate surface area is 225 Å². The van der Waals surface area contributed by atoms with Crippen molar-refractivity contribution in [2.75, 3.05) is 17.7 Å². The normalized spacial score (nSPS) is 14.1. The summed E-state index contributed by atoms with van der Waals surface area (Å²) in [4.78, 5) is 38.0. The summed E-state index contributed by atoms with van der Waals surface area (Å²) in [5.41, 5.74) is 3.80. The summed E-state index contributed by atoms with van der Waals surface area (Å²) in [6.45, 7) is 5.72. The third-order valence-corrected chi connectivity index (χ3v) is 6.94. The van der Waals surface area contributed by atoms with E-state index < -0.39 is 11.4 Å². The quantitative estimate of drug-likeness (QED) is 0.302. The number of esters is 1. The minimum Gasteiger partial charge on any atom is -0.469 e. The fraction of sp³-hybridized carbons (Fsp3) is 0.444. The molecule has 0 radical (unpaired) electrons. The number of carbonyl (C=O) groups excluding carboxylic acids is 2. The fourth-order valence-corrected chi connectivity index (χ4v) is 5.10. The fourth-order valence-electron chi connectivity index (χ4n) is 5.10. The van der Waals surface area contributed by atoms with Crippen LogP contribution in [0.5, 0.6) is 0 Å². The number of hydrogen-bond acceptors (Lipinski definition) is 9. The van der Waals surface area contributed by atoms with Gasteiger partial charge in [0.1, 0.15) is 5.69 Å². The Balaban J connectivity index is 1.27. The number of urea groups is 1. The zero-order valence-electron chi connectivity index (χ0n) is 22.5. The second kappa shape index (κ2) is 10.8. The average Bonchev–Trinajstić information content (AvgIpc) is 3.66. The van der Waals surface area contributed by atoms with E-state index >= 15 is 0 Å². The summed E-state index contributed by atoms with van der Waals surface area (Å²) in [5, 5.41) is 14.3. The van der Waals surface area contributed by atoms with Gasteiger partial charge in [-0.25, -0.2) is 14.3 Å². The molecule has 4 aromatic heterocycles. The Kier molecular flexibility index (Phi) is 7.27. The zero-order chi connectivity index (χ0) is 27.6. The van der Waals surface area contributed by atoms with E-state index in [1.807, 2.05) is 31.4 Å². The summed E-state index contributed by atoms with van der Waals surface area (Å²) >= 11 is 0. The molecule has 2 N–H and O–H groups in total. The molecule has 1 aliphatic rings. The van der Waals surface area contributed by atoms with E-state index in [1.165, 1.54) is 7.11 Å². The average molecular weight is 533 g/mol. The summed E-state index contributed by atoms with van der Waals surface area (Å²) < 4.78 is 12.0. The highest BCUT2D eigenvalue weighted by Gasteiger charge is 2.27. The maximum atomic E-state index is 12.9. The molecular formula is C27H32N8O4. The predicted molar refractivity (Wildman–Crippen MR) is 143 cm³/mol. The van der Waals surface area contributed by atoms with Crippen LogP contribution in [0.25, 0.3) is 17.2 Å². The summed E-state index contributed by atoms with van der Waals surface area (Å²) in [5.74, 6) is 0.770. The van der Waals surface area contributed by atoms with E-state index in [0.29, 0.717) is 41.1 Å². The molecule has 0 saturated heterocycles. The van der Waals surface area contributed by atoms with E-state index in [2.05, 4.69) is 35.8 Å². The molecule has 4 aromatic rings. The van der Waals surface area contributed by atoms with E-state index in [4.69, 9.17) is 9.26 Å². The molecule has 12 nitrogen and oxygen atoms in total. The molecular weight excluding hydrogens is 500 g/mol. The lowest BCUT2D eigenvalue weighted by Crippen LogP contribution is -2.22. The lowest BCUT2D eigenvalue weighted by Gasteiger charge is -2.20. The van der Waals surface area contributed by atoms with Crippen LogP contribution in [-0.4, -0.2) is 48.8 Å². The molecule has 0 aliphatic heterocycles. The Morgan fingerprint density at radius 3 is 2.72 bits per heavy atom. The Hall–Kier alpha value is -4.35. The first-order chi connectivity index (χ1) is 18.7. The molecule has 39 heavy (non-hydrogen) atoms. The maximum absolute atomic E-state index is 12.9. The molecule has 12 heteroatoms. The van der Waals surface area contributed by atoms with Gasteiger partial charge in [0.05, 0.1) is 49.2 Å². The number of rotatable bonds is 8. The molecule has 0 bridgehead atoms. The zero-order valence-corrected chi connectivity index (χ0v) is 22.5. The number of anilines is 2. The number of fused-ring (bicyclic) bond motifs is 1. The van der Waals surface area contributed by atoms with Gasteiger partial charge in [-0.1, -0.05) is 31.8 Å². The van der Waals surface area contributed by atoms with Crippen LogP contribution in [0, 0.1) is 12.3 Å². The van der Waals surface area contributed by atoms with Crippen molar-refractivity contribution in [1.82, 2.24) is 29.7 Å². The van der Waals surface area contributed by atoms with E-state index in [0.717, 1.165) is 42.6 Å². The number of aromatic nitrogens is 6. The second-order valence-corrected chi connectivity index (χ2v) is 10.7. The second-order valence-electron chi connectivity index (χ2n) is 10.7. The molecule has 0 spiro atoms. The van der Waals surface area contributed by atoms with Crippen LogP contribution in [0.2, 0.25) is 0 Å². The molecule has 0 unspecified atom stereocenters. The highest BCUT2D eigenvalue weighted by Crippen LogP contribution is 2.37. The largest absolute Gasteiger partial charge is 0.469 e. The van der Waals surface area contributed by atoms with Gasteiger partial charge < -0.3 is 19.9 Å². The molecule has 204 valence electrons. The van der Waals surface area contributed by atoms with Crippen molar-refractivity contribution < 1.29 is 18.8 Å². The van der Waals surface area contributed by atoms with E-state index in [1.54, 1.807) is 24.7 Å². The first-order valence-electron chi connectivity index (χ1n) is 13.0. The topological polar surface area (TPSA) is 149 Å². The van der Waals surface area contributed by atoms with Gasteiger partial charge in [-0.2, -0.15) is 10.1 Å². The van der Waals surface area contributed by atoms with Crippen molar-refractivity contribution >= 4 is 29.0 Å². The van der Waals surface area contributed by atoms with Crippen molar-refractivity contribution in [3.63, 3.8) is 0 Å². The van der Waals surface area contributed by atoms with E-state index in [-0.39, 0.29) is 12.4 Å². The lowest BCUT2D eigenvalue weighted by atomic mass is 9.86. The number of hydrogen-bond donors (Lipinski definition) is 2. The lowest BCUT2D eigenvalue weighted by molar-refractivity contribution is -0.142. The van der Waals surface area contributed by atoms with Crippen LogP contribution >= 0.6 is 0 Å². The number of amides is 2. The molecule has 5 rings (SSSR count). The molecule has 1 aliphatic carbocycles. The molecule has 0 aromatic carbocycles. The molecule has 1 saturated carbocycles. The van der Waals surface area contributed by atoms with Crippen molar-refractivity contribution in [1.29, 1.82) is 0 Å². The van der Waals surface area contributed by atoms with Crippen LogP contribution in [-0.2, 0) is 16.0 Å². The van der Waals surface area contributed by atoms with Gasteiger partial charge in [0.2, 0.25) is 11.7 Å². The van der Waals surface area contributed by atoms with Crippen molar-refractivity contribution in [3.8, 4) is 11.5 Å². The number of ether oxygens (including phenoxy) is 1. The van der Waals surface area contributed by atoms with Gasteiger partial charge >= 0.3 is 12.0 Å². The van der Waals surface area contributed by atoms with Crippen molar-refractivity contribution in [2.24, 2.45) is 5.41 Å². The SMILES string of the molecule is COC(=O)CC(C)(C)Cc1nc(-c2ncc(NC(=O)Nc3cnc4ccnn4c3C3CCCC3)cc2C)no1. The smallest absolute Gasteiger partial charge is 0.323 e. The molecule has 2 amide bonds. The first-order valence-corrected chi connectivity index (χ1v) is 13.0. The maximum Gasteiger partial charge on any atom is 0.323 e. The van der Waals surface area contributed by atoms with Crippen LogP contribution in [0.15, 0.2) is 35.2 Å². The number of carbonyl (C=O) groups is 2. The standard InChI is InChI=1S/C27H32N8O4/c1-16-11-18(14-29-23(16)25-33-21(39-34-25)12-27(2,3)13-22(36)38-4)31-26(37)32-19-15-28-20-9-10-30-35(20)24(19)17-7-5-6-8-17/h9-11,14-15,17H,5-8,12-13H2,1-4H3,(H2,31,32,37). The third kappa shape index (κ3) is 5.89. The molecule has 0 atom stereocenters. The van der Waals surface area contributed by atoms with Crippen LogP contribution < -0.4 is 10.6 Å². The van der Waals surface area contributed by atoms with Crippen LogP contribution in [0.3, 0.4) is 0 Å². The van der Waals surface area contributed by atoms with Gasteiger partial charge in [-0.15, -0.1) is 0 Å². The molecule has 4 heterocycles. The summed E-state index contributed by atoms with van der Waals surface area (Å²) in [6, 6.07) is 3.26. The van der Waals surface area contributed by atoms with Gasteiger partial charge in [0, 0.05) is 18.4 Å². The minimum absolute atomic E-state index is 0.231. The first kappa shape index (κ1) is 26.3. The number of nitrogens with zero attached hydrogens (tertiary/aromatic N) is 6. The highest BCUT2D eigenvalue weighted by molar-refractivity contribution is 6.00. The Morgan fingerprint density at radius 1 is 1.18 bits per heavy atom. The van der Waals surface area contributed by atoms with Crippen molar-refractivity contribution in [2.45, 2.75) is 65.2 Å². The number of aryl methyl sites for hydroxylation is 1. The Bertz CT molecular complexity index is 1500. The van der Waals surface area contributed by atoms with Gasteiger partial charge in [-0.3, -0.25) is 9.78 Å². The number of pyridine rings is 1. The number of nitrogens with one attached hydrogen (secondary N) is 2. The minimum atomic E-state index is -0.407. The molecule has 1 fully saturated rings. The van der Waals surface area contributed by atoms with Gasteiger partial charge in [0.15, 0.2) is 5.65 Å². The van der Waals surface area contributed by atoms with Gasteiger partial charge in [-0.05, 0) is 36.8 Å². The highest BCUT2D eigenvalue weighted by atomic mass is 16.5. The van der Waals surface area contributed by atoms with Crippen LogP contribution in [0.4, 0.5) is 16.2 Å². The van der Waals surface area contributed by atoms with Gasteiger partial charge in [0.25, 0.3) is 0 Å². The third-order valence-electron chi connectivity index (χ3n) is 6.94. The number of methoxy groups -OCH3 is 1. The van der Waals surface area contributed by atoms with Crippen molar-refractivity contribution in [3.05, 3.63) is 47.9 Å². The summed E-state index contributed by atoms with van der Waals surface area (Å²) in [6.07, 6.45) is 10.0.